The van der Waals surface area contributed by atoms with Crippen LogP contribution in [-0.4, -0.2) is 50.0 Å². The lowest BCUT2D eigenvalue weighted by Crippen LogP contribution is -2.57. The Bertz CT molecular complexity index is 1000. The molecule has 0 amide bonds. The van der Waals surface area contributed by atoms with E-state index < -0.39 is 51.9 Å². The molecule has 0 aromatic heterocycles. The van der Waals surface area contributed by atoms with Gasteiger partial charge in [0.05, 0.1) is 23.7 Å². The predicted octanol–water partition coefficient (Wildman–Crippen LogP) is 4.66. The molecule has 2 saturated carbocycles. The van der Waals surface area contributed by atoms with Crippen molar-refractivity contribution in [1.82, 2.24) is 0 Å². The highest BCUT2D eigenvalue weighted by Crippen LogP contribution is 2.71. The molecule has 0 aliphatic heterocycles. The highest BCUT2D eigenvalue weighted by atomic mass is 16.4. The van der Waals surface area contributed by atoms with Crippen LogP contribution in [-0.2, 0) is 9.59 Å². The summed E-state index contributed by atoms with van der Waals surface area (Å²) in [6.45, 7) is 13.8. The van der Waals surface area contributed by atoms with Crippen molar-refractivity contribution in [2.75, 3.05) is 0 Å². The van der Waals surface area contributed by atoms with Gasteiger partial charge >= 0.3 is 5.97 Å². The second-order valence-corrected chi connectivity index (χ2v) is 14.1. The van der Waals surface area contributed by atoms with E-state index in [0.717, 1.165) is 24.0 Å². The summed E-state index contributed by atoms with van der Waals surface area (Å²) in [4.78, 5) is 25.3. The monoisotopic (exact) mass is 502 g/mol. The number of carbonyl (C=O) groups excluding carboxylic acids is 1. The van der Waals surface area contributed by atoms with Crippen molar-refractivity contribution in [3.63, 3.8) is 0 Å². The maximum Gasteiger partial charge on any atom is 0.306 e. The zero-order valence-electron chi connectivity index (χ0n) is 23.1. The van der Waals surface area contributed by atoms with Crippen LogP contribution >= 0.6 is 0 Å². The summed E-state index contributed by atoms with van der Waals surface area (Å²) in [6.07, 6.45) is 6.14. The molecule has 0 bridgehead atoms. The summed E-state index contributed by atoms with van der Waals surface area (Å²) in [5, 5.41) is 43.6. The third-order valence-corrected chi connectivity index (χ3v) is 11.2. The number of hydrogen-bond acceptors (Lipinski definition) is 5. The lowest BCUT2D eigenvalue weighted by Gasteiger charge is -2.60. The van der Waals surface area contributed by atoms with Gasteiger partial charge in [0.15, 0.2) is 0 Å². The Morgan fingerprint density at radius 3 is 2.36 bits per heavy atom. The molecule has 0 spiro atoms. The maximum atomic E-state index is 12.8. The molecule has 8 atom stereocenters. The van der Waals surface area contributed by atoms with Crippen LogP contribution < -0.4 is 0 Å². The number of carbonyl (C=O) groups is 2. The first-order valence-electron chi connectivity index (χ1n) is 13.7. The van der Waals surface area contributed by atoms with E-state index >= 15 is 0 Å². The molecule has 0 radical (unpaired) electrons. The van der Waals surface area contributed by atoms with Crippen molar-refractivity contribution >= 4 is 11.8 Å². The van der Waals surface area contributed by atoms with Gasteiger partial charge in [-0.1, -0.05) is 46.8 Å². The summed E-state index contributed by atoms with van der Waals surface area (Å²) < 4.78 is 0. The van der Waals surface area contributed by atoms with Gasteiger partial charge in [-0.25, -0.2) is 0 Å². The van der Waals surface area contributed by atoms with E-state index in [4.69, 9.17) is 0 Å². The Morgan fingerprint density at radius 2 is 1.78 bits per heavy atom. The average molecular weight is 503 g/mol. The van der Waals surface area contributed by atoms with E-state index in [1.54, 1.807) is 13.8 Å². The molecule has 4 rings (SSSR count). The largest absolute Gasteiger partial charge is 0.481 e. The number of allylic oxidation sites excluding steroid dienone is 3. The molecule has 0 saturated heterocycles. The van der Waals surface area contributed by atoms with Crippen molar-refractivity contribution in [3.05, 3.63) is 23.3 Å². The van der Waals surface area contributed by atoms with Crippen LogP contribution in [0.25, 0.3) is 0 Å². The lowest BCUT2D eigenvalue weighted by molar-refractivity contribution is -0.151. The van der Waals surface area contributed by atoms with Crippen LogP contribution in [0.3, 0.4) is 0 Å². The van der Waals surface area contributed by atoms with Crippen LogP contribution in [0.5, 0.6) is 0 Å². The molecule has 36 heavy (non-hydrogen) atoms. The molecule has 6 heteroatoms. The highest BCUT2D eigenvalue weighted by molar-refractivity contribution is 5.86. The van der Waals surface area contributed by atoms with Crippen LogP contribution in [0.1, 0.15) is 93.4 Å². The summed E-state index contributed by atoms with van der Waals surface area (Å²) >= 11 is 0. The van der Waals surface area contributed by atoms with Crippen LogP contribution in [0, 0.1) is 39.4 Å². The molecule has 202 valence electrons. The van der Waals surface area contributed by atoms with E-state index in [2.05, 4.69) is 19.9 Å². The molecule has 8 unspecified atom stereocenters. The molecule has 0 aromatic carbocycles. The fraction of sp³-hybridized carbons (Fsp3) is 0.800. The van der Waals surface area contributed by atoms with Crippen LogP contribution in [0.4, 0.5) is 0 Å². The van der Waals surface area contributed by atoms with Gasteiger partial charge in [-0.05, 0) is 74.9 Å². The number of aliphatic hydroxyl groups excluding tert-OH is 2. The smallest absolute Gasteiger partial charge is 0.306 e. The number of hydrogen-bond donors (Lipinski definition) is 4. The Kier molecular flexibility index (Phi) is 6.50. The Morgan fingerprint density at radius 1 is 1.14 bits per heavy atom. The molecule has 2 fully saturated rings. The van der Waals surface area contributed by atoms with Gasteiger partial charge in [0, 0.05) is 28.6 Å². The third-order valence-electron chi connectivity index (χ3n) is 11.2. The van der Waals surface area contributed by atoms with Gasteiger partial charge in [0.25, 0.3) is 0 Å². The van der Waals surface area contributed by atoms with Gasteiger partial charge < -0.3 is 20.4 Å². The number of Topliss-reactive ketones (excluding diaryl/α,β-unsaturated/α-hetero) is 1. The highest BCUT2D eigenvalue weighted by Gasteiger charge is 2.69. The number of ketones is 1. The molecular formula is C30H46O6. The predicted molar refractivity (Wildman–Crippen MR) is 138 cm³/mol. The first-order valence-corrected chi connectivity index (χ1v) is 13.7. The molecular weight excluding hydrogens is 456 g/mol. The summed E-state index contributed by atoms with van der Waals surface area (Å²) in [7, 11) is 0. The van der Waals surface area contributed by atoms with Crippen molar-refractivity contribution in [1.29, 1.82) is 0 Å². The Labute approximate surface area is 215 Å². The first-order chi connectivity index (χ1) is 16.4. The second kappa shape index (κ2) is 8.51. The fourth-order valence-corrected chi connectivity index (χ4v) is 8.88. The average Bonchev–Trinajstić information content (AvgIpc) is 2.95. The number of fused-ring (bicyclic) bond motifs is 5. The minimum Gasteiger partial charge on any atom is -0.481 e. The molecule has 0 heterocycles. The standard InChI is InChI=1S/C30H46O6/c1-26(2,36)13-8-9-17(25(34)35)24-20(31)16-29(6)18-10-11-21-27(3,4)22(32)12-14-28(21,5)19(18)15-23(33)30(24,29)7/h10,15,17,20-21,23-24,31,33,36H,8-9,11-14,16H2,1-7H3,(H,34,35). The number of aliphatic hydroxyl groups is 3. The Balaban J connectivity index is 1.76. The minimum atomic E-state index is -0.959. The third kappa shape index (κ3) is 3.77. The SMILES string of the molecule is CC(C)(O)CCCC(C(=O)O)C1C(O)CC2(C)C3=CCC4C(C)(C)C(=O)CCC4(C)C3=CC(O)C12C. The number of carboxylic acid groups (broad SMARTS) is 1. The summed E-state index contributed by atoms with van der Waals surface area (Å²) in [6, 6.07) is 0. The second-order valence-electron chi connectivity index (χ2n) is 14.1. The Hall–Kier alpha value is -1.50. The van der Waals surface area contributed by atoms with Crippen molar-refractivity contribution in [3.8, 4) is 0 Å². The van der Waals surface area contributed by atoms with E-state index in [1.807, 2.05) is 26.8 Å². The van der Waals surface area contributed by atoms with E-state index in [-0.39, 0.29) is 11.3 Å². The topological polar surface area (TPSA) is 115 Å². The van der Waals surface area contributed by atoms with E-state index in [9.17, 15) is 30.0 Å². The zero-order valence-corrected chi connectivity index (χ0v) is 23.1. The molecule has 4 N–H and O–H groups in total. The molecule has 6 nitrogen and oxygen atoms in total. The zero-order chi connectivity index (χ0) is 27.1. The van der Waals surface area contributed by atoms with Gasteiger partial charge in [-0.3, -0.25) is 9.59 Å². The van der Waals surface area contributed by atoms with Crippen molar-refractivity contribution in [2.24, 2.45) is 39.4 Å². The van der Waals surface area contributed by atoms with Crippen molar-refractivity contribution in [2.45, 2.75) is 111 Å². The summed E-state index contributed by atoms with van der Waals surface area (Å²) in [5.74, 6) is -1.97. The summed E-state index contributed by atoms with van der Waals surface area (Å²) in [5.41, 5.74) is -0.822. The van der Waals surface area contributed by atoms with E-state index in [1.165, 1.54) is 0 Å². The van der Waals surface area contributed by atoms with Gasteiger partial charge in [-0.15, -0.1) is 0 Å². The normalized spacial score (nSPS) is 42.6. The molecule has 4 aliphatic carbocycles. The quantitative estimate of drug-likeness (QED) is 0.420. The first kappa shape index (κ1) is 27.5. The molecule has 4 aliphatic rings. The fourth-order valence-electron chi connectivity index (χ4n) is 8.88. The number of aliphatic carboxylic acids is 1. The lowest BCUT2D eigenvalue weighted by atomic mass is 9.43. The van der Waals surface area contributed by atoms with Gasteiger partial charge in [0.2, 0.25) is 0 Å². The van der Waals surface area contributed by atoms with Crippen LogP contribution in [0.2, 0.25) is 0 Å². The van der Waals surface area contributed by atoms with E-state index in [0.29, 0.717) is 37.9 Å². The molecule has 0 aromatic rings. The van der Waals surface area contributed by atoms with Crippen molar-refractivity contribution < 1.29 is 30.0 Å². The van der Waals surface area contributed by atoms with Gasteiger partial charge in [-0.2, -0.15) is 0 Å². The number of carboxylic acids is 1. The number of rotatable bonds is 6. The van der Waals surface area contributed by atoms with Crippen LogP contribution in [0.15, 0.2) is 23.3 Å². The maximum absolute atomic E-state index is 12.8. The van der Waals surface area contributed by atoms with Gasteiger partial charge in [0.1, 0.15) is 5.78 Å². The minimum absolute atomic E-state index is 0.136.